The maximum Gasteiger partial charge on any atom is 0.351 e. The highest BCUT2D eigenvalue weighted by Crippen LogP contribution is 2.50. The first kappa shape index (κ1) is 15.1. The number of carbonyl (C=O) groups is 1. The number of thiophene rings is 1. The highest BCUT2D eigenvalue weighted by Gasteiger charge is 2.32. The number of hydrogen-bond acceptors (Lipinski definition) is 4. The molecule has 1 aliphatic rings. The molecule has 0 atom stereocenters. The Balaban J connectivity index is 2.02. The van der Waals surface area contributed by atoms with Gasteiger partial charge in [-0.15, -0.1) is 11.3 Å². The summed E-state index contributed by atoms with van der Waals surface area (Å²) in [4.78, 5) is 13.2. The van der Waals surface area contributed by atoms with Crippen molar-refractivity contribution in [3.05, 3.63) is 51.7 Å². The molecule has 1 heterocycles. The van der Waals surface area contributed by atoms with E-state index in [0.717, 1.165) is 23.3 Å². The molecule has 1 aromatic heterocycles. The average Bonchev–Trinajstić information content (AvgIpc) is 3.34. The molecular weight excluding hydrogens is 320 g/mol. The van der Waals surface area contributed by atoms with Crippen LogP contribution >= 0.6 is 22.9 Å². The molecule has 1 aromatic carbocycles. The Morgan fingerprint density at radius 2 is 1.95 bits per heavy atom. The van der Waals surface area contributed by atoms with E-state index in [1.165, 1.54) is 18.4 Å². The minimum atomic E-state index is -0.451. The number of benzene rings is 1. The molecular formula is C17H15ClO3S. The highest BCUT2D eigenvalue weighted by atomic mass is 35.5. The van der Waals surface area contributed by atoms with Crippen LogP contribution in [0.15, 0.2) is 36.9 Å². The minimum Gasteiger partial charge on any atom is -0.465 e. The Labute approximate surface area is 138 Å². The predicted octanol–water partition coefficient (Wildman–Crippen LogP) is 5.40. The van der Waals surface area contributed by atoms with Crippen molar-refractivity contribution < 1.29 is 14.3 Å². The van der Waals surface area contributed by atoms with E-state index >= 15 is 0 Å². The maximum absolute atomic E-state index is 12.0. The van der Waals surface area contributed by atoms with Crippen LogP contribution in [0.2, 0.25) is 5.02 Å². The fraction of sp³-hybridized carbons (Fsp3) is 0.235. The van der Waals surface area contributed by atoms with E-state index in [4.69, 9.17) is 21.1 Å². The summed E-state index contributed by atoms with van der Waals surface area (Å²) in [6.45, 7) is 4.11. The molecule has 0 N–H and O–H groups in total. The fourth-order valence-corrected chi connectivity index (χ4v) is 3.66. The Bertz CT molecular complexity index is 717. The van der Waals surface area contributed by atoms with Crippen LogP contribution in [-0.2, 0) is 4.74 Å². The second-order valence-electron chi connectivity index (χ2n) is 5.11. The number of allylic oxidation sites excluding steroid dienone is 1. The Morgan fingerprint density at radius 3 is 2.55 bits per heavy atom. The fourth-order valence-electron chi connectivity index (χ4n) is 2.14. The third kappa shape index (κ3) is 2.89. The van der Waals surface area contributed by atoms with Crippen LogP contribution in [0.1, 0.15) is 27.4 Å². The van der Waals surface area contributed by atoms with Crippen LogP contribution < -0.4 is 4.74 Å². The first-order valence-corrected chi connectivity index (χ1v) is 8.14. The van der Waals surface area contributed by atoms with E-state index in [1.807, 2.05) is 30.3 Å². The van der Waals surface area contributed by atoms with E-state index in [9.17, 15) is 4.79 Å². The molecule has 0 radical (unpaired) electrons. The van der Waals surface area contributed by atoms with Crippen LogP contribution in [-0.4, -0.2) is 13.1 Å². The third-order valence-corrected chi connectivity index (χ3v) is 5.20. The summed E-state index contributed by atoms with van der Waals surface area (Å²) in [5, 5.41) is 0.436. The van der Waals surface area contributed by atoms with Gasteiger partial charge in [0.15, 0.2) is 10.6 Å². The van der Waals surface area contributed by atoms with Gasteiger partial charge < -0.3 is 9.47 Å². The van der Waals surface area contributed by atoms with E-state index in [2.05, 4.69) is 6.58 Å². The number of esters is 1. The molecule has 0 spiro atoms. The summed E-state index contributed by atoms with van der Waals surface area (Å²) in [5.74, 6) is 0.983. The van der Waals surface area contributed by atoms with E-state index in [0.29, 0.717) is 27.3 Å². The molecule has 3 rings (SSSR count). The first-order valence-electron chi connectivity index (χ1n) is 6.94. The predicted molar refractivity (Wildman–Crippen MR) is 88.9 cm³/mol. The lowest BCUT2D eigenvalue weighted by Crippen LogP contribution is -2.00. The monoisotopic (exact) mass is 334 g/mol. The maximum atomic E-state index is 12.0. The van der Waals surface area contributed by atoms with E-state index in [-0.39, 0.29) is 0 Å². The van der Waals surface area contributed by atoms with Crippen molar-refractivity contribution in [3.8, 4) is 11.5 Å². The van der Waals surface area contributed by atoms with E-state index in [1.54, 1.807) is 0 Å². The molecule has 22 heavy (non-hydrogen) atoms. The lowest BCUT2D eigenvalue weighted by molar-refractivity contribution is 0.0604. The number of ether oxygens (including phenoxy) is 2. The first-order chi connectivity index (χ1) is 10.6. The third-order valence-electron chi connectivity index (χ3n) is 3.50. The number of halogens is 1. The van der Waals surface area contributed by atoms with Gasteiger partial charge in [0.2, 0.25) is 0 Å². The minimum absolute atomic E-state index is 0.349. The average molecular weight is 335 g/mol. The summed E-state index contributed by atoms with van der Waals surface area (Å²) in [6.07, 6.45) is 2.24. The van der Waals surface area contributed by atoms with Crippen molar-refractivity contribution in [3.63, 3.8) is 0 Å². The van der Waals surface area contributed by atoms with Crippen molar-refractivity contribution in [2.45, 2.75) is 12.8 Å². The van der Waals surface area contributed by atoms with Crippen molar-refractivity contribution >= 4 is 34.5 Å². The van der Waals surface area contributed by atoms with Gasteiger partial charge in [0.25, 0.3) is 0 Å². The molecule has 0 unspecified atom stereocenters. The molecule has 0 aliphatic heterocycles. The quantitative estimate of drug-likeness (QED) is 0.686. The normalized spacial score (nSPS) is 13.7. The number of methoxy groups -OCH3 is 1. The molecule has 0 saturated heterocycles. The Kier molecular flexibility index (Phi) is 4.23. The number of carbonyl (C=O) groups excluding carboxylic acids is 1. The zero-order valence-corrected chi connectivity index (χ0v) is 13.7. The summed E-state index contributed by atoms with van der Waals surface area (Å²) in [5.41, 5.74) is 0.975. The molecule has 0 bridgehead atoms. The van der Waals surface area contributed by atoms with Crippen LogP contribution in [0.5, 0.6) is 11.5 Å². The summed E-state index contributed by atoms with van der Waals surface area (Å²) in [7, 11) is 1.34. The lowest BCUT2D eigenvalue weighted by Gasteiger charge is -2.06. The molecule has 1 aliphatic carbocycles. The standard InChI is InChI=1S/C17H15ClO3S/c1-10(11-8-9-11)15-13(18)14(16(22-15)17(19)20-2)21-12-6-4-3-5-7-12/h3-7,11H,1,8-9H2,2H3. The molecule has 1 fully saturated rings. The zero-order chi connectivity index (χ0) is 15.7. The molecule has 2 aromatic rings. The summed E-state index contributed by atoms with van der Waals surface area (Å²) < 4.78 is 10.7. The highest BCUT2D eigenvalue weighted by molar-refractivity contribution is 7.16. The molecule has 3 nitrogen and oxygen atoms in total. The van der Waals surface area contributed by atoms with Crippen molar-refractivity contribution in [1.29, 1.82) is 0 Å². The van der Waals surface area contributed by atoms with E-state index < -0.39 is 5.97 Å². The van der Waals surface area contributed by atoms with Gasteiger partial charge in [0.05, 0.1) is 12.0 Å². The Hall–Kier alpha value is -1.78. The van der Waals surface area contributed by atoms with Gasteiger partial charge in [-0.25, -0.2) is 4.79 Å². The SMILES string of the molecule is C=C(c1sc(C(=O)OC)c(Oc2ccccc2)c1Cl)C1CC1. The van der Waals surface area contributed by atoms with Gasteiger partial charge in [-0.3, -0.25) is 0 Å². The van der Waals surface area contributed by atoms with Crippen LogP contribution in [0.25, 0.3) is 5.57 Å². The van der Waals surface area contributed by atoms with Gasteiger partial charge in [0, 0.05) is 0 Å². The van der Waals surface area contributed by atoms with Gasteiger partial charge in [-0.2, -0.15) is 0 Å². The number of rotatable bonds is 5. The van der Waals surface area contributed by atoms with Gasteiger partial charge in [-0.05, 0) is 36.5 Å². The summed E-state index contributed by atoms with van der Waals surface area (Å²) >= 11 is 7.75. The molecule has 114 valence electrons. The second kappa shape index (κ2) is 6.15. The molecule has 0 amide bonds. The Morgan fingerprint density at radius 1 is 1.27 bits per heavy atom. The van der Waals surface area contributed by atoms with Crippen LogP contribution in [0.3, 0.4) is 0 Å². The number of hydrogen-bond donors (Lipinski definition) is 0. The van der Waals surface area contributed by atoms with Crippen molar-refractivity contribution in [2.75, 3.05) is 7.11 Å². The molecule has 1 saturated carbocycles. The van der Waals surface area contributed by atoms with Crippen molar-refractivity contribution in [2.24, 2.45) is 5.92 Å². The largest absolute Gasteiger partial charge is 0.465 e. The number of para-hydroxylation sites is 1. The van der Waals surface area contributed by atoms with Crippen molar-refractivity contribution in [1.82, 2.24) is 0 Å². The smallest absolute Gasteiger partial charge is 0.351 e. The van der Waals surface area contributed by atoms with Gasteiger partial charge in [0.1, 0.15) is 10.8 Å². The van der Waals surface area contributed by atoms with Gasteiger partial charge >= 0.3 is 5.97 Å². The molecule has 5 heteroatoms. The summed E-state index contributed by atoms with van der Waals surface area (Å²) in [6, 6.07) is 9.23. The van der Waals surface area contributed by atoms with Crippen LogP contribution in [0.4, 0.5) is 0 Å². The second-order valence-corrected chi connectivity index (χ2v) is 6.51. The lowest BCUT2D eigenvalue weighted by atomic mass is 10.1. The zero-order valence-electron chi connectivity index (χ0n) is 12.1. The topological polar surface area (TPSA) is 35.5 Å². The van der Waals surface area contributed by atoms with Crippen LogP contribution in [0, 0.1) is 5.92 Å². The van der Waals surface area contributed by atoms with Gasteiger partial charge in [-0.1, -0.05) is 36.4 Å².